The Kier molecular flexibility index (Phi) is 8.94. The molecule has 1 aliphatic carbocycles. The van der Waals surface area contributed by atoms with Crippen LogP contribution in [0.4, 0.5) is 0 Å². The van der Waals surface area contributed by atoms with Crippen molar-refractivity contribution < 1.29 is 9.53 Å². The molecule has 1 heterocycles. The predicted molar refractivity (Wildman–Crippen MR) is 80.4 cm³/mol. The third kappa shape index (κ3) is 5.83. The highest BCUT2D eigenvalue weighted by Gasteiger charge is 2.29. The molecule has 2 atom stereocenters. The number of carbonyl (C=O) groups is 1. The number of ether oxygens (including phenoxy) is 1. The normalized spacial score (nSPS) is 24.1. The maximum absolute atomic E-state index is 11.8. The van der Waals surface area contributed by atoms with Crippen molar-refractivity contribution in [1.29, 1.82) is 0 Å². The Morgan fingerprint density at radius 3 is 2.68 bits per heavy atom. The van der Waals surface area contributed by atoms with Crippen LogP contribution in [0, 0.1) is 0 Å². The first kappa shape index (κ1) is 18.9. The molecular formula is C12H25Cl2N3O2. The number of rotatable bonds is 5. The standard InChI is InChI=1S/C12H23N3O2.2ClH/c1-9(15(2)10-3-4-10)7-14-12(16)11-8-13-5-6-17-11;;/h9-11,13H,3-8H2,1-2H3,(H,14,16);2*1H. The Hall–Kier alpha value is -0.0700. The predicted octanol–water partition coefficient (Wildman–Crippen LogP) is 0.417. The van der Waals surface area contributed by atoms with E-state index >= 15 is 0 Å². The molecular weight excluding hydrogens is 289 g/mol. The molecule has 0 radical (unpaired) electrons. The molecule has 2 aliphatic rings. The van der Waals surface area contributed by atoms with Crippen LogP contribution >= 0.6 is 24.8 Å². The number of amides is 1. The van der Waals surface area contributed by atoms with Crippen molar-refractivity contribution in [3.05, 3.63) is 0 Å². The molecule has 19 heavy (non-hydrogen) atoms. The molecule has 2 N–H and O–H groups in total. The van der Waals surface area contributed by atoms with E-state index in [2.05, 4.69) is 29.5 Å². The number of carbonyl (C=O) groups excluding carboxylic acids is 1. The summed E-state index contributed by atoms with van der Waals surface area (Å²) in [6.45, 7) is 4.93. The Labute approximate surface area is 127 Å². The highest BCUT2D eigenvalue weighted by Crippen LogP contribution is 2.26. The van der Waals surface area contributed by atoms with Crippen LogP contribution in [0.5, 0.6) is 0 Å². The molecule has 2 unspecified atom stereocenters. The summed E-state index contributed by atoms with van der Waals surface area (Å²) < 4.78 is 5.40. The smallest absolute Gasteiger partial charge is 0.250 e. The third-order valence-corrected chi connectivity index (χ3v) is 3.61. The lowest BCUT2D eigenvalue weighted by Gasteiger charge is -2.27. The van der Waals surface area contributed by atoms with Gasteiger partial charge in [0.1, 0.15) is 6.10 Å². The molecule has 1 amide bonds. The molecule has 0 spiro atoms. The van der Waals surface area contributed by atoms with Gasteiger partial charge in [-0.1, -0.05) is 0 Å². The van der Waals surface area contributed by atoms with Crippen LogP contribution in [0.15, 0.2) is 0 Å². The zero-order valence-electron chi connectivity index (χ0n) is 11.6. The van der Waals surface area contributed by atoms with Gasteiger partial charge in [-0.2, -0.15) is 0 Å². The second-order valence-electron chi connectivity index (χ2n) is 5.05. The quantitative estimate of drug-likeness (QED) is 0.772. The van der Waals surface area contributed by atoms with E-state index in [1.807, 2.05) is 0 Å². The van der Waals surface area contributed by atoms with Crippen LogP contribution in [0.1, 0.15) is 19.8 Å². The number of nitrogens with one attached hydrogen (secondary N) is 2. The molecule has 0 aromatic heterocycles. The van der Waals surface area contributed by atoms with Crippen LogP contribution in [-0.2, 0) is 9.53 Å². The molecule has 7 heteroatoms. The second kappa shape index (κ2) is 8.97. The molecule has 5 nitrogen and oxygen atoms in total. The van der Waals surface area contributed by atoms with Gasteiger partial charge in [-0.15, -0.1) is 24.8 Å². The van der Waals surface area contributed by atoms with Gasteiger partial charge in [0, 0.05) is 31.7 Å². The minimum atomic E-state index is -0.317. The van der Waals surface area contributed by atoms with Crippen molar-refractivity contribution in [3.63, 3.8) is 0 Å². The van der Waals surface area contributed by atoms with Crippen LogP contribution in [0.2, 0.25) is 0 Å². The van der Waals surface area contributed by atoms with E-state index in [1.54, 1.807) is 0 Å². The highest BCUT2D eigenvalue weighted by atomic mass is 35.5. The van der Waals surface area contributed by atoms with E-state index in [-0.39, 0.29) is 36.8 Å². The fourth-order valence-electron chi connectivity index (χ4n) is 2.08. The summed E-state index contributed by atoms with van der Waals surface area (Å²) in [5.74, 6) is 0.00764. The molecule has 0 aromatic rings. The third-order valence-electron chi connectivity index (χ3n) is 3.61. The van der Waals surface area contributed by atoms with Gasteiger partial charge in [0.25, 0.3) is 5.91 Å². The van der Waals surface area contributed by atoms with Crippen LogP contribution < -0.4 is 10.6 Å². The van der Waals surface area contributed by atoms with Gasteiger partial charge in [0.15, 0.2) is 0 Å². The minimum Gasteiger partial charge on any atom is -0.366 e. The van der Waals surface area contributed by atoms with Crippen molar-refractivity contribution in [2.75, 3.05) is 33.3 Å². The van der Waals surface area contributed by atoms with Crippen LogP contribution in [0.3, 0.4) is 0 Å². The summed E-state index contributed by atoms with van der Waals surface area (Å²) in [4.78, 5) is 14.2. The van der Waals surface area contributed by atoms with Crippen LogP contribution in [-0.4, -0.2) is 62.3 Å². The molecule has 0 aromatic carbocycles. The fraction of sp³-hybridized carbons (Fsp3) is 0.917. The van der Waals surface area contributed by atoms with Crippen molar-refractivity contribution in [2.24, 2.45) is 0 Å². The van der Waals surface area contributed by atoms with E-state index in [0.717, 1.165) is 12.6 Å². The summed E-state index contributed by atoms with van der Waals surface area (Å²) in [5, 5.41) is 6.13. The van der Waals surface area contributed by atoms with Gasteiger partial charge >= 0.3 is 0 Å². The Morgan fingerprint density at radius 1 is 1.47 bits per heavy atom. The Morgan fingerprint density at radius 2 is 2.16 bits per heavy atom. The van der Waals surface area contributed by atoms with Gasteiger partial charge < -0.3 is 15.4 Å². The van der Waals surface area contributed by atoms with Crippen molar-refractivity contribution in [3.8, 4) is 0 Å². The highest BCUT2D eigenvalue weighted by molar-refractivity contribution is 5.85. The van der Waals surface area contributed by atoms with E-state index in [1.165, 1.54) is 12.8 Å². The molecule has 1 saturated heterocycles. The summed E-state index contributed by atoms with van der Waals surface area (Å²) in [5.41, 5.74) is 0. The van der Waals surface area contributed by atoms with Crippen molar-refractivity contribution >= 4 is 30.7 Å². The lowest BCUT2D eigenvalue weighted by molar-refractivity contribution is -0.134. The first-order chi connectivity index (χ1) is 8.18. The maximum Gasteiger partial charge on any atom is 0.250 e. The minimum absolute atomic E-state index is 0. The van der Waals surface area contributed by atoms with Crippen LogP contribution in [0.25, 0.3) is 0 Å². The molecule has 2 rings (SSSR count). The largest absolute Gasteiger partial charge is 0.366 e. The van der Waals surface area contributed by atoms with Gasteiger partial charge in [0.2, 0.25) is 0 Å². The van der Waals surface area contributed by atoms with Crippen molar-refractivity contribution in [1.82, 2.24) is 15.5 Å². The van der Waals surface area contributed by atoms with Gasteiger partial charge in [-0.05, 0) is 26.8 Å². The number of nitrogens with zero attached hydrogens (tertiary/aromatic N) is 1. The average molecular weight is 314 g/mol. The SMILES string of the molecule is CC(CNC(=O)C1CNCCO1)N(C)C1CC1.Cl.Cl. The summed E-state index contributed by atoms with van der Waals surface area (Å²) in [7, 11) is 2.13. The summed E-state index contributed by atoms with van der Waals surface area (Å²) in [6, 6.07) is 1.12. The molecule has 2 fully saturated rings. The number of halogens is 2. The van der Waals surface area contributed by atoms with Crippen molar-refractivity contribution in [2.45, 2.75) is 38.0 Å². The molecule has 1 aliphatic heterocycles. The summed E-state index contributed by atoms with van der Waals surface area (Å²) in [6.07, 6.45) is 2.27. The van der Waals surface area contributed by atoms with E-state index in [0.29, 0.717) is 25.7 Å². The second-order valence-corrected chi connectivity index (χ2v) is 5.05. The first-order valence-corrected chi connectivity index (χ1v) is 6.50. The topological polar surface area (TPSA) is 53.6 Å². The monoisotopic (exact) mass is 313 g/mol. The average Bonchev–Trinajstić information content (AvgIpc) is 3.20. The number of hydrogen-bond donors (Lipinski definition) is 2. The lowest BCUT2D eigenvalue weighted by atomic mass is 10.2. The Balaban J connectivity index is 0.00000162. The number of morpholine rings is 1. The first-order valence-electron chi connectivity index (χ1n) is 6.50. The van der Waals surface area contributed by atoms with Gasteiger partial charge in [0.05, 0.1) is 6.61 Å². The van der Waals surface area contributed by atoms with E-state index < -0.39 is 0 Å². The molecule has 0 bridgehead atoms. The van der Waals surface area contributed by atoms with E-state index in [9.17, 15) is 4.79 Å². The van der Waals surface area contributed by atoms with E-state index in [4.69, 9.17) is 4.74 Å². The summed E-state index contributed by atoms with van der Waals surface area (Å²) >= 11 is 0. The zero-order chi connectivity index (χ0) is 12.3. The van der Waals surface area contributed by atoms with Gasteiger partial charge in [-0.25, -0.2) is 0 Å². The molecule has 1 saturated carbocycles. The maximum atomic E-state index is 11.8. The number of likely N-dealkylation sites (N-methyl/N-ethyl adjacent to an activating group) is 1. The fourth-order valence-corrected chi connectivity index (χ4v) is 2.08. The Bertz CT molecular complexity index is 272. The number of hydrogen-bond acceptors (Lipinski definition) is 4. The van der Waals surface area contributed by atoms with Gasteiger partial charge in [-0.3, -0.25) is 9.69 Å². The lowest BCUT2D eigenvalue weighted by Crippen LogP contribution is -2.50. The molecule has 114 valence electrons. The zero-order valence-corrected chi connectivity index (χ0v) is 13.2.